The number of hydrogen-bond donors (Lipinski definition) is 2. The Balaban J connectivity index is 2.48. The van der Waals surface area contributed by atoms with Gasteiger partial charge in [-0.25, -0.2) is 0 Å². The van der Waals surface area contributed by atoms with Crippen molar-refractivity contribution in [2.45, 2.75) is 26.3 Å². The van der Waals surface area contributed by atoms with Crippen LogP contribution >= 0.6 is 22.6 Å². The third-order valence-corrected chi connectivity index (χ3v) is 4.92. The Labute approximate surface area is 135 Å². The van der Waals surface area contributed by atoms with Gasteiger partial charge in [-0.05, 0) is 59.8 Å². The zero-order valence-electron chi connectivity index (χ0n) is 12.1. The maximum Gasteiger partial charge on any atom is 0.301 e. The molecule has 0 amide bonds. The first-order valence-corrected chi connectivity index (χ1v) is 9.06. The molecule has 2 N–H and O–H groups in total. The molecule has 0 aromatic heterocycles. The zero-order chi connectivity index (χ0) is 15.2. The van der Waals surface area contributed by atoms with Crippen molar-refractivity contribution >= 4 is 38.5 Å². The largest absolute Gasteiger partial charge is 0.314 e. The van der Waals surface area contributed by atoms with Crippen molar-refractivity contribution in [2.75, 3.05) is 24.9 Å². The normalized spacial score (nSPS) is 12.1. The highest BCUT2D eigenvalue weighted by Crippen LogP contribution is 2.13. The van der Waals surface area contributed by atoms with Gasteiger partial charge in [-0.3, -0.25) is 4.72 Å². The van der Waals surface area contributed by atoms with E-state index in [-0.39, 0.29) is 0 Å². The van der Waals surface area contributed by atoms with Crippen LogP contribution in [0.2, 0.25) is 0 Å². The van der Waals surface area contributed by atoms with Gasteiger partial charge in [0.25, 0.3) is 0 Å². The van der Waals surface area contributed by atoms with E-state index in [1.165, 1.54) is 4.31 Å². The monoisotopic (exact) mass is 411 g/mol. The van der Waals surface area contributed by atoms with E-state index in [1.807, 2.05) is 12.1 Å². The summed E-state index contributed by atoms with van der Waals surface area (Å²) in [5, 5.41) is 3.27. The third-order valence-electron chi connectivity index (χ3n) is 2.70. The Hall–Kier alpha value is -0.380. The molecule has 0 aliphatic carbocycles. The maximum atomic E-state index is 12.1. The summed E-state index contributed by atoms with van der Waals surface area (Å²) in [5.74, 6) is 0. The second-order valence-corrected chi connectivity index (χ2v) is 7.92. The lowest BCUT2D eigenvalue weighted by Gasteiger charge is -2.18. The van der Waals surface area contributed by atoms with Crippen molar-refractivity contribution in [1.29, 1.82) is 0 Å². The van der Waals surface area contributed by atoms with Crippen LogP contribution in [0.25, 0.3) is 0 Å². The fourth-order valence-corrected chi connectivity index (χ4v) is 2.88. The lowest BCUT2D eigenvalue weighted by molar-refractivity contribution is 0.451. The molecule has 114 valence electrons. The minimum Gasteiger partial charge on any atom is -0.314 e. The van der Waals surface area contributed by atoms with Gasteiger partial charge in [0, 0.05) is 28.9 Å². The summed E-state index contributed by atoms with van der Waals surface area (Å²) in [4.78, 5) is 0. The van der Waals surface area contributed by atoms with Gasteiger partial charge in [0.2, 0.25) is 0 Å². The van der Waals surface area contributed by atoms with Crippen LogP contribution in [-0.2, 0) is 10.2 Å². The summed E-state index contributed by atoms with van der Waals surface area (Å²) >= 11 is 2.18. The summed E-state index contributed by atoms with van der Waals surface area (Å²) in [5.41, 5.74) is 0.581. The van der Waals surface area contributed by atoms with Gasteiger partial charge >= 0.3 is 10.2 Å². The number of nitrogens with one attached hydrogen (secondary N) is 2. The molecule has 7 heteroatoms. The van der Waals surface area contributed by atoms with Crippen molar-refractivity contribution < 1.29 is 8.42 Å². The molecule has 0 aliphatic rings. The summed E-state index contributed by atoms with van der Waals surface area (Å²) in [6, 6.07) is 7.67. The van der Waals surface area contributed by atoms with Gasteiger partial charge in [0.15, 0.2) is 0 Å². The predicted molar refractivity (Wildman–Crippen MR) is 92.1 cm³/mol. The first-order chi connectivity index (χ1) is 9.31. The molecule has 20 heavy (non-hydrogen) atoms. The number of halogens is 1. The van der Waals surface area contributed by atoms with Crippen LogP contribution < -0.4 is 10.0 Å². The third kappa shape index (κ3) is 6.38. The summed E-state index contributed by atoms with van der Waals surface area (Å²) < 4.78 is 29.2. The highest BCUT2D eigenvalue weighted by molar-refractivity contribution is 14.1. The number of nitrogens with zero attached hydrogens (tertiary/aromatic N) is 1. The minimum atomic E-state index is -3.47. The number of rotatable bonds is 8. The second-order valence-electron chi connectivity index (χ2n) is 4.90. The van der Waals surface area contributed by atoms with Gasteiger partial charge in [0.05, 0.1) is 0 Å². The molecule has 1 aromatic rings. The zero-order valence-corrected chi connectivity index (χ0v) is 15.0. The Morgan fingerprint density at radius 1 is 1.25 bits per heavy atom. The summed E-state index contributed by atoms with van der Waals surface area (Å²) in [7, 11) is -1.89. The van der Waals surface area contributed by atoms with E-state index in [2.05, 4.69) is 46.5 Å². The molecule has 0 aliphatic heterocycles. The van der Waals surface area contributed by atoms with E-state index in [4.69, 9.17) is 0 Å². The summed E-state index contributed by atoms with van der Waals surface area (Å²) in [6.45, 7) is 5.43. The SMILES string of the molecule is CC(C)NCCCN(C)S(=O)(=O)Nc1ccc(I)cc1. The molecule has 0 heterocycles. The van der Waals surface area contributed by atoms with Crippen molar-refractivity contribution in [3.05, 3.63) is 27.8 Å². The molecular formula is C13H22IN3O2S. The Bertz CT molecular complexity index is 503. The van der Waals surface area contributed by atoms with Gasteiger partial charge < -0.3 is 5.32 Å². The molecule has 0 radical (unpaired) electrons. The molecular weight excluding hydrogens is 389 g/mol. The lowest BCUT2D eigenvalue weighted by Crippen LogP contribution is -2.35. The lowest BCUT2D eigenvalue weighted by atomic mass is 10.3. The van der Waals surface area contributed by atoms with Crippen molar-refractivity contribution in [3.8, 4) is 0 Å². The molecule has 5 nitrogen and oxygen atoms in total. The molecule has 0 unspecified atom stereocenters. The predicted octanol–water partition coefficient (Wildman–Crippen LogP) is 2.27. The summed E-state index contributed by atoms with van der Waals surface area (Å²) in [6.07, 6.45) is 0.780. The quantitative estimate of drug-likeness (QED) is 0.510. The number of anilines is 1. The Kier molecular flexibility index (Phi) is 7.21. The van der Waals surface area contributed by atoms with Crippen LogP contribution in [0.4, 0.5) is 5.69 Å². The van der Waals surface area contributed by atoms with Crippen molar-refractivity contribution in [2.24, 2.45) is 0 Å². The number of hydrogen-bond acceptors (Lipinski definition) is 3. The van der Waals surface area contributed by atoms with Gasteiger partial charge in [-0.1, -0.05) is 13.8 Å². The van der Waals surface area contributed by atoms with E-state index in [0.29, 0.717) is 18.3 Å². The van der Waals surface area contributed by atoms with Crippen LogP contribution in [0.3, 0.4) is 0 Å². The molecule has 0 fully saturated rings. The first kappa shape index (κ1) is 17.7. The smallest absolute Gasteiger partial charge is 0.301 e. The van der Waals surface area contributed by atoms with Crippen molar-refractivity contribution in [1.82, 2.24) is 9.62 Å². The van der Waals surface area contributed by atoms with Gasteiger partial charge in [-0.2, -0.15) is 12.7 Å². The Morgan fingerprint density at radius 3 is 2.40 bits per heavy atom. The molecule has 1 rings (SSSR count). The molecule has 0 bridgehead atoms. The molecule has 0 saturated heterocycles. The Morgan fingerprint density at radius 2 is 1.85 bits per heavy atom. The van der Waals surface area contributed by atoms with Gasteiger partial charge in [0.1, 0.15) is 0 Å². The molecule has 0 saturated carbocycles. The second kappa shape index (κ2) is 8.16. The van der Waals surface area contributed by atoms with E-state index in [0.717, 1.165) is 16.5 Å². The standard InChI is InChI=1S/C13H22IN3O2S/c1-11(2)15-9-4-10-17(3)20(18,19)16-13-7-5-12(14)6-8-13/h5-8,11,15-16H,4,9-10H2,1-3H3. The molecule has 1 aromatic carbocycles. The van der Waals surface area contributed by atoms with Crippen LogP contribution in [0.5, 0.6) is 0 Å². The maximum absolute atomic E-state index is 12.1. The van der Waals surface area contributed by atoms with Crippen LogP contribution in [0.1, 0.15) is 20.3 Å². The minimum absolute atomic E-state index is 0.418. The fourth-order valence-electron chi connectivity index (χ4n) is 1.56. The first-order valence-electron chi connectivity index (χ1n) is 6.54. The van der Waals surface area contributed by atoms with E-state index < -0.39 is 10.2 Å². The van der Waals surface area contributed by atoms with E-state index in [1.54, 1.807) is 19.2 Å². The van der Waals surface area contributed by atoms with E-state index >= 15 is 0 Å². The fraction of sp³-hybridized carbons (Fsp3) is 0.538. The highest BCUT2D eigenvalue weighted by atomic mass is 127. The number of benzene rings is 1. The van der Waals surface area contributed by atoms with Crippen LogP contribution in [-0.4, -0.2) is 38.9 Å². The van der Waals surface area contributed by atoms with E-state index in [9.17, 15) is 8.42 Å². The van der Waals surface area contributed by atoms with Crippen molar-refractivity contribution in [3.63, 3.8) is 0 Å². The van der Waals surface area contributed by atoms with Crippen LogP contribution in [0.15, 0.2) is 24.3 Å². The van der Waals surface area contributed by atoms with Gasteiger partial charge in [-0.15, -0.1) is 0 Å². The average molecular weight is 411 g/mol. The van der Waals surface area contributed by atoms with Crippen LogP contribution in [0, 0.1) is 3.57 Å². The topological polar surface area (TPSA) is 61.4 Å². The molecule has 0 atom stereocenters. The highest BCUT2D eigenvalue weighted by Gasteiger charge is 2.16. The average Bonchev–Trinajstić information content (AvgIpc) is 2.36. The molecule has 0 spiro atoms.